The molecule has 0 fully saturated rings. The minimum Gasteiger partial charge on any atom is -0.454 e. The molecule has 1 aliphatic rings. The van der Waals surface area contributed by atoms with Gasteiger partial charge < -0.3 is 14.8 Å². The van der Waals surface area contributed by atoms with Gasteiger partial charge >= 0.3 is 0 Å². The molecule has 5 heteroatoms. The molecule has 3 nitrogen and oxygen atoms in total. The second kappa shape index (κ2) is 5.66. The number of nitrogens with one attached hydrogen (secondary N) is 1. The van der Waals surface area contributed by atoms with E-state index in [1.54, 1.807) is 0 Å². The van der Waals surface area contributed by atoms with E-state index in [1.807, 2.05) is 24.3 Å². The molecule has 0 spiro atoms. The first-order valence-corrected chi connectivity index (χ1v) is 7.81. The molecule has 0 saturated heterocycles. The third-order valence-electron chi connectivity index (χ3n) is 3.24. The van der Waals surface area contributed by atoms with Crippen LogP contribution in [0.25, 0.3) is 0 Å². The van der Waals surface area contributed by atoms with Crippen LogP contribution in [0, 0.1) is 6.92 Å². The standard InChI is InChI=1S/C15H13Br2NO2/c1-9-11(16)3-2-4-13(9)18-7-10-5-12(17)15-14(6-10)19-8-20-15/h2-6,18H,7-8H2,1H3. The van der Waals surface area contributed by atoms with Crippen molar-refractivity contribution >= 4 is 37.5 Å². The monoisotopic (exact) mass is 397 g/mol. The number of benzene rings is 2. The number of halogens is 2. The van der Waals surface area contributed by atoms with Gasteiger partial charge in [0.1, 0.15) is 0 Å². The van der Waals surface area contributed by atoms with Crippen molar-refractivity contribution in [2.75, 3.05) is 12.1 Å². The lowest BCUT2D eigenvalue weighted by Gasteiger charge is -2.11. The molecule has 2 aromatic carbocycles. The van der Waals surface area contributed by atoms with Crippen LogP contribution in [-0.2, 0) is 6.54 Å². The second-order valence-corrected chi connectivity index (χ2v) is 6.29. The number of ether oxygens (including phenoxy) is 2. The average Bonchev–Trinajstić information content (AvgIpc) is 2.89. The van der Waals surface area contributed by atoms with Crippen LogP contribution >= 0.6 is 31.9 Å². The molecular formula is C15H13Br2NO2. The van der Waals surface area contributed by atoms with Gasteiger partial charge in [-0.05, 0) is 58.2 Å². The van der Waals surface area contributed by atoms with E-state index in [0.717, 1.165) is 38.2 Å². The third-order valence-corrected chi connectivity index (χ3v) is 4.69. The molecule has 1 aliphatic heterocycles. The number of anilines is 1. The van der Waals surface area contributed by atoms with Crippen LogP contribution in [0.1, 0.15) is 11.1 Å². The van der Waals surface area contributed by atoms with Crippen LogP contribution in [0.4, 0.5) is 5.69 Å². The Kier molecular flexibility index (Phi) is 3.89. The summed E-state index contributed by atoms with van der Waals surface area (Å²) in [5, 5.41) is 3.44. The van der Waals surface area contributed by atoms with Gasteiger partial charge in [-0.25, -0.2) is 0 Å². The molecule has 0 bridgehead atoms. The fourth-order valence-electron chi connectivity index (χ4n) is 2.12. The highest BCUT2D eigenvalue weighted by Gasteiger charge is 2.17. The number of fused-ring (bicyclic) bond motifs is 1. The highest BCUT2D eigenvalue weighted by atomic mass is 79.9. The van der Waals surface area contributed by atoms with E-state index in [0.29, 0.717) is 0 Å². The van der Waals surface area contributed by atoms with Crippen molar-refractivity contribution in [3.8, 4) is 11.5 Å². The van der Waals surface area contributed by atoms with Crippen LogP contribution in [0.3, 0.4) is 0 Å². The van der Waals surface area contributed by atoms with Crippen LogP contribution < -0.4 is 14.8 Å². The minimum absolute atomic E-state index is 0.287. The Balaban J connectivity index is 1.79. The Labute approximate surface area is 134 Å². The van der Waals surface area contributed by atoms with Gasteiger partial charge in [0.15, 0.2) is 11.5 Å². The summed E-state index contributed by atoms with van der Waals surface area (Å²) >= 11 is 7.05. The first-order valence-electron chi connectivity index (χ1n) is 6.22. The summed E-state index contributed by atoms with van der Waals surface area (Å²) in [6.45, 7) is 3.10. The zero-order valence-electron chi connectivity index (χ0n) is 10.9. The molecule has 2 aromatic rings. The Morgan fingerprint density at radius 2 is 2.00 bits per heavy atom. The lowest BCUT2D eigenvalue weighted by molar-refractivity contribution is 0.173. The maximum atomic E-state index is 5.43. The van der Waals surface area contributed by atoms with E-state index < -0.39 is 0 Å². The van der Waals surface area contributed by atoms with E-state index in [-0.39, 0.29) is 6.79 Å². The van der Waals surface area contributed by atoms with Gasteiger partial charge in [-0.3, -0.25) is 0 Å². The maximum Gasteiger partial charge on any atom is 0.231 e. The summed E-state index contributed by atoms with van der Waals surface area (Å²) in [6, 6.07) is 10.2. The summed E-state index contributed by atoms with van der Waals surface area (Å²) in [5.74, 6) is 1.58. The van der Waals surface area contributed by atoms with Crippen molar-refractivity contribution in [2.45, 2.75) is 13.5 Å². The van der Waals surface area contributed by atoms with Crippen molar-refractivity contribution in [3.63, 3.8) is 0 Å². The summed E-state index contributed by atoms with van der Waals surface area (Å²) in [7, 11) is 0. The van der Waals surface area contributed by atoms with Gasteiger partial charge in [-0.1, -0.05) is 22.0 Å². The Morgan fingerprint density at radius 1 is 1.15 bits per heavy atom. The van der Waals surface area contributed by atoms with Crippen LogP contribution in [0.15, 0.2) is 39.3 Å². The second-order valence-electron chi connectivity index (χ2n) is 4.58. The van der Waals surface area contributed by atoms with Gasteiger partial charge in [0.05, 0.1) is 4.47 Å². The molecule has 1 N–H and O–H groups in total. The Morgan fingerprint density at radius 3 is 2.85 bits per heavy atom. The molecule has 0 radical (unpaired) electrons. The van der Waals surface area contributed by atoms with Gasteiger partial charge in [-0.2, -0.15) is 0 Å². The molecule has 0 saturated carbocycles. The molecule has 104 valence electrons. The van der Waals surface area contributed by atoms with Gasteiger partial charge in [0.25, 0.3) is 0 Å². The van der Waals surface area contributed by atoms with E-state index in [4.69, 9.17) is 9.47 Å². The zero-order valence-corrected chi connectivity index (χ0v) is 14.0. The SMILES string of the molecule is Cc1c(Br)cccc1NCc1cc(Br)c2c(c1)OCO2. The van der Waals surface area contributed by atoms with Gasteiger partial charge in [0.2, 0.25) is 6.79 Å². The smallest absolute Gasteiger partial charge is 0.231 e. The van der Waals surface area contributed by atoms with Crippen LogP contribution in [-0.4, -0.2) is 6.79 Å². The largest absolute Gasteiger partial charge is 0.454 e. The van der Waals surface area contributed by atoms with E-state index in [2.05, 4.69) is 50.2 Å². The Hall–Kier alpha value is -1.20. The van der Waals surface area contributed by atoms with Crippen LogP contribution in [0.5, 0.6) is 11.5 Å². The van der Waals surface area contributed by atoms with Crippen molar-refractivity contribution in [1.82, 2.24) is 0 Å². The molecule has 20 heavy (non-hydrogen) atoms. The fraction of sp³-hybridized carbons (Fsp3) is 0.200. The molecule has 0 aliphatic carbocycles. The molecule has 1 heterocycles. The molecule has 0 amide bonds. The first-order chi connectivity index (χ1) is 9.65. The van der Waals surface area contributed by atoms with E-state index in [9.17, 15) is 0 Å². The highest BCUT2D eigenvalue weighted by Crippen LogP contribution is 2.40. The van der Waals surface area contributed by atoms with Crippen molar-refractivity contribution in [1.29, 1.82) is 0 Å². The molecule has 0 aromatic heterocycles. The number of hydrogen-bond acceptors (Lipinski definition) is 3. The normalized spacial score (nSPS) is 12.6. The number of rotatable bonds is 3. The van der Waals surface area contributed by atoms with E-state index >= 15 is 0 Å². The summed E-state index contributed by atoms with van der Waals surface area (Å²) in [6.07, 6.45) is 0. The summed E-state index contributed by atoms with van der Waals surface area (Å²) < 4.78 is 12.8. The zero-order chi connectivity index (χ0) is 14.1. The molecular weight excluding hydrogens is 386 g/mol. The number of hydrogen-bond donors (Lipinski definition) is 1. The summed E-state index contributed by atoms with van der Waals surface area (Å²) in [5.41, 5.74) is 3.46. The van der Waals surface area contributed by atoms with Crippen molar-refractivity contribution in [3.05, 3.63) is 50.4 Å². The van der Waals surface area contributed by atoms with Crippen LogP contribution in [0.2, 0.25) is 0 Å². The van der Waals surface area contributed by atoms with Crippen molar-refractivity contribution in [2.24, 2.45) is 0 Å². The quantitative estimate of drug-likeness (QED) is 0.800. The first kappa shape index (κ1) is 13.8. The lowest BCUT2D eigenvalue weighted by atomic mass is 10.1. The van der Waals surface area contributed by atoms with Crippen molar-refractivity contribution < 1.29 is 9.47 Å². The minimum atomic E-state index is 0.287. The highest BCUT2D eigenvalue weighted by molar-refractivity contribution is 9.10. The van der Waals surface area contributed by atoms with Gasteiger partial charge in [0, 0.05) is 16.7 Å². The molecule has 0 atom stereocenters. The third kappa shape index (κ3) is 2.65. The fourth-order valence-corrected chi connectivity index (χ4v) is 3.09. The lowest BCUT2D eigenvalue weighted by Crippen LogP contribution is -2.01. The predicted molar refractivity (Wildman–Crippen MR) is 86.5 cm³/mol. The predicted octanol–water partition coefficient (Wildman–Crippen LogP) is 4.86. The Bertz CT molecular complexity index is 659. The topological polar surface area (TPSA) is 30.5 Å². The molecule has 0 unspecified atom stereocenters. The van der Waals surface area contributed by atoms with E-state index in [1.165, 1.54) is 5.56 Å². The average molecular weight is 399 g/mol. The van der Waals surface area contributed by atoms with Gasteiger partial charge in [-0.15, -0.1) is 0 Å². The molecule has 3 rings (SSSR count). The summed E-state index contributed by atoms with van der Waals surface area (Å²) in [4.78, 5) is 0. The maximum absolute atomic E-state index is 5.43.